The predicted molar refractivity (Wildman–Crippen MR) is 117 cm³/mol. The van der Waals surface area contributed by atoms with Gasteiger partial charge in [0.1, 0.15) is 17.3 Å². The van der Waals surface area contributed by atoms with E-state index >= 15 is 0 Å². The minimum absolute atomic E-state index is 0.131. The molecule has 2 aromatic heterocycles. The van der Waals surface area contributed by atoms with Crippen LogP contribution in [-0.4, -0.2) is 31.1 Å². The Kier molecular flexibility index (Phi) is 5.87. The van der Waals surface area contributed by atoms with Crippen LogP contribution in [0.15, 0.2) is 36.5 Å². The fourth-order valence-corrected chi connectivity index (χ4v) is 4.26. The fourth-order valence-electron chi connectivity index (χ4n) is 3.97. The molecule has 0 N–H and O–H groups in total. The topological polar surface area (TPSA) is 84.6 Å². The summed E-state index contributed by atoms with van der Waals surface area (Å²) < 4.78 is 17.7. The van der Waals surface area contributed by atoms with Gasteiger partial charge in [0, 0.05) is 36.5 Å². The van der Waals surface area contributed by atoms with E-state index in [0.717, 1.165) is 11.2 Å². The predicted octanol–water partition coefficient (Wildman–Crippen LogP) is 4.34. The Morgan fingerprint density at radius 2 is 2.06 bits per heavy atom. The first-order valence-electron chi connectivity index (χ1n) is 10.0. The number of ether oxygens (including phenoxy) is 3. The minimum Gasteiger partial charge on any atom is -0.618 e. The van der Waals surface area contributed by atoms with E-state index in [2.05, 4.69) is 0 Å². The lowest BCUT2D eigenvalue weighted by Gasteiger charge is -2.21. The number of nitrogens with zero attached hydrogens (tertiary/aromatic N) is 2. The van der Waals surface area contributed by atoms with Crippen molar-refractivity contribution in [2.45, 2.75) is 32.3 Å². The van der Waals surface area contributed by atoms with Crippen molar-refractivity contribution in [2.75, 3.05) is 14.2 Å². The Hall–Kier alpha value is -3.06. The molecule has 0 amide bonds. The second kappa shape index (κ2) is 8.59. The number of rotatable bonds is 6. The Labute approximate surface area is 185 Å². The number of hydrogen-bond donors (Lipinski definition) is 0. The van der Waals surface area contributed by atoms with Crippen LogP contribution in [0.5, 0.6) is 17.4 Å². The summed E-state index contributed by atoms with van der Waals surface area (Å²) >= 11 is 6.37. The SMILES string of the molecule is COc1cc(-c2cc3c(ccc[n+]3[O-])c(O[C@H](C)[C@H]3CCC(=O)C3)n2)cc(Cl)c1OC. The van der Waals surface area contributed by atoms with Crippen LogP contribution in [-0.2, 0) is 4.79 Å². The highest BCUT2D eigenvalue weighted by molar-refractivity contribution is 6.32. The Bertz CT molecular complexity index is 1150. The summed E-state index contributed by atoms with van der Waals surface area (Å²) in [5.41, 5.74) is 1.58. The first-order chi connectivity index (χ1) is 14.9. The molecule has 0 bridgehead atoms. The van der Waals surface area contributed by atoms with Gasteiger partial charge < -0.3 is 19.4 Å². The molecule has 0 saturated heterocycles. The van der Waals surface area contributed by atoms with Crippen LogP contribution >= 0.6 is 11.6 Å². The second-order valence-corrected chi connectivity index (χ2v) is 8.04. The Morgan fingerprint density at radius 3 is 2.74 bits per heavy atom. The van der Waals surface area contributed by atoms with Gasteiger partial charge >= 0.3 is 0 Å². The van der Waals surface area contributed by atoms with Crippen LogP contribution in [0.3, 0.4) is 0 Å². The average Bonchev–Trinajstić information content (AvgIpc) is 3.20. The van der Waals surface area contributed by atoms with E-state index in [1.54, 1.807) is 30.3 Å². The number of halogens is 1. The lowest BCUT2D eigenvalue weighted by molar-refractivity contribution is -0.577. The number of carbonyl (C=O) groups excluding carboxylic acids is 1. The van der Waals surface area contributed by atoms with E-state index in [1.807, 2.05) is 6.92 Å². The zero-order valence-electron chi connectivity index (χ0n) is 17.6. The third-order valence-corrected chi connectivity index (χ3v) is 5.98. The van der Waals surface area contributed by atoms with Crippen molar-refractivity contribution in [2.24, 2.45) is 5.92 Å². The summed E-state index contributed by atoms with van der Waals surface area (Å²) in [4.78, 5) is 16.4. The summed E-state index contributed by atoms with van der Waals surface area (Å²) in [5, 5.41) is 13.5. The van der Waals surface area contributed by atoms with Gasteiger partial charge in [-0.3, -0.25) is 4.79 Å². The van der Waals surface area contributed by atoms with E-state index in [1.165, 1.54) is 20.4 Å². The van der Waals surface area contributed by atoms with Gasteiger partial charge in [-0.2, -0.15) is 4.73 Å². The van der Waals surface area contributed by atoms with Gasteiger partial charge in [0.2, 0.25) is 11.4 Å². The molecule has 0 radical (unpaired) electrons. The maximum atomic E-state index is 12.5. The molecule has 0 spiro atoms. The number of benzene rings is 1. The van der Waals surface area contributed by atoms with Crippen LogP contribution in [0.2, 0.25) is 5.02 Å². The monoisotopic (exact) mass is 442 g/mol. The molecule has 0 unspecified atom stereocenters. The van der Waals surface area contributed by atoms with E-state index < -0.39 is 0 Å². The standard InChI is InChI=1S/C23H23ClN2O5/c1-13(14-6-7-16(27)9-14)31-23-17-5-4-8-26(28)20(17)12-19(25-23)15-10-18(24)22(30-3)21(11-15)29-2/h4-5,8,10-14H,6-7,9H2,1-3H3/t13-,14+/m1/s1. The molecule has 8 heteroatoms. The molecule has 1 fully saturated rings. The van der Waals surface area contributed by atoms with E-state index in [0.29, 0.717) is 57.4 Å². The van der Waals surface area contributed by atoms with Crippen molar-refractivity contribution in [1.82, 2.24) is 4.98 Å². The second-order valence-electron chi connectivity index (χ2n) is 7.64. The molecule has 2 atom stereocenters. The van der Waals surface area contributed by atoms with Crippen LogP contribution in [0.25, 0.3) is 22.2 Å². The molecule has 3 aromatic rings. The molecule has 1 aliphatic rings. The van der Waals surface area contributed by atoms with Gasteiger partial charge in [0.25, 0.3) is 0 Å². The largest absolute Gasteiger partial charge is 0.618 e. The first-order valence-corrected chi connectivity index (χ1v) is 10.4. The molecular weight excluding hydrogens is 420 g/mol. The third-order valence-electron chi connectivity index (χ3n) is 5.70. The highest BCUT2D eigenvalue weighted by Gasteiger charge is 2.29. The summed E-state index contributed by atoms with van der Waals surface area (Å²) in [6.07, 6.45) is 3.09. The van der Waals surface area contributed by atoms with Crippen LogP contribution in [0.1, 0.15) is 26.2 Å². The zero-order valence-corrected chi connectivity index (χ0v) is 18.3. The lowest BCUT2D eigenvalue weighted by Crippen LogP contribution is -2.27. The van der Waals surface area contributed by atoms with Crippen LogP contribution < -0.4 is 18.9 Å². The van der Waals surface area contributed by atoms with E-state index in [9.17, 15) is 10.0 Å². The molecule has 0 aliphatic heterocycles. The first kappa shape index (κ1) is 21.2. The van der Waals surface area contributed by atoms with Gasteiger partial charge in [-0.1, -0.05) is 11.6 Å². The molecule has 4 rings (SSSR count). The number of ketones is 1. The van der Waals surface area contributed by atoms with Crippen molar-refractivity contribution in [3.63, 3.8) is 0 Å². The maximum absolute atomic E-state index is 12.5. The van der Waals surface area contributed by atoms with Crippen molar-refractivity contribution in [1.29, 1.82) is 0 Å². The Balaban J connectivity index is 1.81. The van der Waals surface area contributed by atoms with Gasteiger partial charge in [0.15, 0.2) is 17.7 Å². The molecule has 7 nitrogen and oxygen atoms in total. The third kappa shape index (κ3) is 4.10. The quantitative estimate of drug-likeness (QED) is 0.417. The molecule has 1 aromatic carbocycles. The normalized spacial score (nSPS) is 17.0. The number of carbonyl (C=O) groups is 1. The molecule has 2 heterocycles. The smallest absolute Gasteiger partial charge is 0.231 e. The van der Waals surface area contributed by atoms with Crippen LogP contribution in [0.4, 0.5) is 0 Å². The number of pyridine rings is 2. The molecule has 31 heavy (non-hydrogen) atoms. The molecule has 1 aliphatic carbocycles. The average molecular weight is 443 g/mol. The highest BCUT2D eigenvalue weighted by Crippen LogP contribution is 2.40. The van der Waals surface area contributed by atoms with Gasteiger partial charge in [-0.25, -0.2) is 4.98 Å². The van der Waals surface area contributed by atoms with Gasteiger partial charge in [0.05, 0.1) is 24.9 Å². The molecule has 162 valence electrons. The molecular formula is C23H23ClN2O5. The summed E-state index contributed by atoms with van der Waals surface area (Å²) in [7, 11) is 3.04. The maximum Gasteiger partial charge on any atom is 0.231 e. The van der Waals surface area contributed by atoms with Crippen molar-refractivity contribution < 1.29 is 23.7 Å². The number of Topliss-reactive ketones (excluding diaryl/α,β-unsaturated/α-hetero) is 1. The number of methoxy groups -OCH3 is 2. The summed E-state index contributed by atoms with van der Waals surface area (Å²) in [6.45, 7) is 1.94. The molecule has 1 saturated carbocycles. The number of aromatic nitrogens is 2. The lowest BCUT2D eigenvalue weighted by atomic mass is 10.0. The fraction of sp³-hybridized carbons (Fsp3) is 0.348. The zero-order chi connectivity index (χ0) is 22.1. The highest BCUT2D eigenvalue weighted by atomic mass is 35.5. The van der Waals surface area contributed by atoms with E-state index in [4.69, 9.17) is 30.8 Å². The van der Waals surface area contributed by atoms with Crippen molar-refractivity contribution in [3.05, 3.63) is 46.8 Å². The summed E-state index contributed by atoms with van der Waals surface area (Å²) in [6, 6.07) is 8.60. The Morgan fingerprint density at radius 1 is 1.26 bits per heavy atom. The van der Waals surface area contributed by atoms with Crippen molar-refractivity contribution >= 4 is 28.3 Å². The van der Waals surface area contributed by atoms with Gasteiger partial charge in [-0.05, 0) is 31.5 Å². The number of hydrogen-bond acceptors (Lipinski definition) is 6. The van der Waals surface area contributed by atoms with E-state index in [-0.39, 0.29) is 17.8 Å². The van der Waals surface area contributed by atoms with Gasteiger partial charge in [-0.15, -0.1) is 0 Å². The van der Waals surface area contributed by atoms with Crippen molar-refractivity contribution in [3.8, 4) is 28.6 Å². The number of fused-ring (bicyclic) bond motifs is 1. The van der Waals surface area contributed by atoms with Crippen LogP contribution in [0, 0.1) is 11.1 Å². The summed E-state index contributed by atoms with van der Waals surface area (Å²) in [5.74, 6) is 1.60. The minimum atomic E-state index is -0.216.